The topological polar surface area (TPSA) is 75.3 Å². The van der Waals surface area contributed by atoms with Crippen molar-refractivity contribution >= 4 is 21.6 Å². The first-order valence-corrected chi connectivity index (χ1v) is 8.45. The summed E-state index contributed by atoms with van der Waals surface area (Å²) in [6, 6.07) is 10.7. The summed E-state index contributed by atoms with van der Waals surface area (Å²) in [5, 5.41) is 2.62. The van der Waals surface area contributed by atoms with Crippen LogP contribution in [0.25, 0.3) is 0 Å². The normalized spacial score (nSPS) is 11.5. The summed E-state index contributed by atoms with van der Waals surface area (Å²) in [4.78, 5) is 12.1. The van der Waals surface area contributed by atoms with Crippen LogP contribution in [0.15, 0.2) is 53.4 Å². The predicted octanol–water partition coefficient (Wildman–Crippen LogP) is 2.76. The van der Waals surface area contributed by atoms with Gasteiger partial charge in [0.2, 0.25) is 10.0 Å². The van der Waals surface area contributed by atoms with Crippen molar-refractivity contribution in [3.8, 4) is 0 Å². The molecular weight excluding hydrogens is 319 g/mol. The van der Waals surface area contributed by atoms with E-state index in [1.165, 1.54) is 48.5 Å². The number of carbonyl (C=O) groups excluding carboxylic acids is 1. The molecule has 2 aromatic rings. The van der Waals surface area contributed by atoms with E-state index in [1.807, 2.05) is 0 Å². The Balaban J connectivity index is 2.11. The number of amides is 1. The molecule has 2 rings (SSSR count). The molecule has 0 aromatic heterocycles. The zero-order chi connectivity index (χ0) is 17.0. The van der Waals surface area contributed by atoms with Gasteiger partial charge in [0.1, 0.15) is 5.82 Å². The van der Waals surface area contributed by atoms with E-state index in [2.05, 4.69) is 10.0 Å². The van der Waals surface area contributed by atoms with E-state index in [1.54, 1.807) is 13.8 Å². The van der Waals surface area contributed by atoms with Crippen LogP contribution >= 0.6 is 0 Å². The zero-order valence-electron chi connectivity index (χ0n) is 12.7. The van der Waals surface area contributed by atoms with Crippen molar-refractivity contribution < 1.29 is 17.6 Å². The lowest BCUT2D eigenvalue weighted by atomic mass is 10.2. The molecule has 23 heavy (non-hydrogen) atoms. The van der Waals surface area contributed by atoms with E-state index >= 15 is 0 Å². The van der Waals surface area contributed by atoms with Crippen LogP contribution in [-0.2, 0) is 10.0 Å². The van der Waals surface area contributed by atoms with Gasteiger partial charge in [0.25, 0.3) is 5.91 Å². The monoisotopic (exact) mass is 336 g/mol. The molecule has 0 saturated carbocycles. The van der Waals surface area contributed by atoms with Crippen LogP contribution in [0.4, 0.5) is 10.1 Å². The van der Waals surface area contributed by atoms with Crippen molar-refractivity contribution in [3.63, 3.8) is 0 Å². The fraction of sp³-hybridized carbons (Fsp3) is 0.188. The standard InChI is InChI=1S/C16H17FN2O3S/c1-11(2)19-23(21,22)15-9-7-14(8-10-15)18-16(20)12-3-5-13(17)6-4-12/h3-11,19H,1-2H3,(H,18,20). The highest BCUT2D eigenvalue weighted by molar-refractivity contribution is 7.89. The number of halogens is 1. The Kier molecular flexibility index (Phi) is 5.12. The van der Waals surface area contributed by atoms with Crippen LogP contribution in [0.3, 0.4) is 0 Å². The number of benzene rings is 2. The predicted molar refractivity (Wildman–Crippen MR) is 86.3 cm³/mol. The van der Waals surface area contributed by atoms with Gasteiger partial charge in [0.05, 0.1) is 4.90 Å². The molecule has 0 aliphatic heterocycles. The summed E-state index contributed by atoms with van der Waals surface area (Å²) in [6.45, 7) is 3.46. The van der Waals surface area contributed by atoms with Crippen molar-refractivity contribution in [2.45, 2.75) is 24.8 Å². The Bertz CT molecular complexity index is 785. The second-order valence-electron chi connectivity index (χ2n) is 5.26. The van der Waals surface area contributed by atoms with Gasteiger partial charge in [0, 0.05) is 17.3 Å². The van der Waals surface area contributed by atoms with Crippen LogP contribution in [0.5, 0.6) is 0 Å². The van der Waals surface area contributed by atoms with Crippen LogP contribution in [0, 0.1) is 5.82 Å². The highest BCUT2D eigenvalue weighted by Crippen LogP contribution is 2.15. The molecular formula is C16H17FN2O3S. The molecule has 0 bridgehead atoms. The minimum Gasteiger partial charge on any atom is -0.322 e. The van der Waals surface area contributed by atoms with E-state index in [0.29, 0.717) is 11.3 Å². The van der Waals surface area contributed by atoms with Gasteiger partial charge in [-0.15, -0.1) is 0 Å². The molecule has 0 unspecified atom stereocenters. The molecule has 0 aliphatic carbocycles. The number of anilines is 1. The Morgan fingerprint density at radius 3 is 2.09 bits per heavy atom. The van der Waals surface area contributed by atoms with Crippen LogP contribution in [0.1, 0.15) is 24.2 Å². The maximum absolute atomic E-state index is 12.8. The highest BCUT2D eigenvalue weighted by Gasteiger charge is 2.15. The second-order valence-corrected chi connectivity index (χ2v) is 6.98. The van der Waals surface area contributed by atoms with Gasteiger partial charge in [-0.1, -0.05) is 0 Å². The van der Waals surface area contributed by atoms with E-state index in [0.717, 1.165) is 0 Å². The number of nitrogens with one attached hydrogen (secondary N) is 2. The van der Waals surface area contributed by atoms with Crippen molar-refractivity contribution in [3.05, 3.63) is 59.9 Å². The van der Waals surface area contributed by atoms with Crippen molar-refractivity contribution in [2.75, 3.05) is 5.32 Å². The van der Waals surface area contributed by atoms with Gasteiger partial charge in [-0.05, 0) is 62.4 Å². The maximum Gasteiger partial charge on any atom is 0.255 e. The lowest BCUT2D eigenvalue weighted by Gasteiger charge is -2.10. The molecule has 1 amide bonds. The van der Waals surface area contributed by atoms with Crippen molar-refractivity contribution in [1.82, 2.24) is 4.72 Å². The van der Waals surface area contributed by atoms with E-state index in [4.69, 9.17) is 0 Å². The van der Waals surface area contributed by atoms with Crippen LogP contribution in [-0.4, -0.2) is 20.4 Å². The minimum absolute atomic E-state index is 0.117. The fourth-order valence-corrected chi connectivity index (χ4v) is 3.15. The Morgan fingerprint density at radius 1 is 1.00 bits per heavy atom. The first kappa shape index (κ1) is 17.1. The lowest BCUT2D eigenvalue weighted by molar-refractivity contribution is 0.102. The molecule has 0 spiro atoms. The summed E-state index contributed by atoms with van der Waals surface area (Å²) in [5.74, 6) is -0.824. The lowest BCUT2D eigenvalue weighted by Crippen LogP contribution is -2.30. The summed E-state index contributed by atoms with van der Waals surface area (Å²) < 4.78 is 39.3. The van der Waals surface area contributed by atoms with Gasteiger partial charge in [-0.3, -0.25) is 4.79 Å². The SMILES string of the molecule is CC(C)NS(=O)(=O)c1ccc(NC(=O)c2ccc(F)cc2)cc1. The minimum atomic E-state index is -3.57. The highest BCUT2D eigenvalue weighted by atomic mass is 32.2. The number of hydrogen-bond acceptors (Lipinski definition) is 3. The van der Waals surface area contributed by atoms with Gasteiger partial charge in [-0.25, -0.2) is 17.5 Å². The molecule has 122 valence electrons. The summed E-state index contributed by atoms with van der Waals surface area (Å²) >= 11 is 0. The smallest absolute Gasteiger partial charge is 0.255 e. The molecule has 0 heterocycles. The summed E-state index contributed by atoms with van der Waals surface area (Å²) in [7, 11) is -3.57. The third-order valence-corrected chi connectivity index (χ3v) is 4.59. The average molecular weight is 336 g/mol. The summed E-state index contributed by atoms with van der Waals surface area (Å²) in [5.41, 5.74) is 0.757. The second kappa shape index (κ2) is 6.89. The Morgan fingerprint density at radius 2 is 1.57 bits per heavy atom. The first-order chi connectivity index (χ1) is 10.8. The molecule has 7 heteroatoms. The number of rotatable bonds is 5. The number of sulfonamides is 1. The molecule has 0 fully saturated rings. The van der Waals surface area contributed by atoms with E-state index < -0.39 is 21.7 Å². The fourth-order valence-electron chi connectivity index (χ4n) is 1.90. The third-order valence-electron chi connectivity index (χ3n) is 2.92. The van der Waals surface area contributed by atoms with Crippen LogP contribution in [0.2, 0.25) is 0 Å². The van der Waals surface area contributed by atoms with Gasteiger partial charge in [-0.2, -0.15) is 0 Å². The average Bonchev–Trinajstić information content (AvgIpc) is 2.47. The molecule has 0 atom stereocenters. The molecule has 2 aromatic carbocycles. The number of carbonyl (C=O) groups is 1. The summed E-state index contributed by atoms with van der Waals surface area (Å²) in [6.07, 6.45) is 0. The maximum atomic E-state index is 12.8. The molecule has 2 N–H and O–H groups in total. The quantitative estimate of drug-likeness (QED) is 0.881. The molecule has 0 radical (unpaired) electrons. The number of hydrogen-bond donors (Lipinski definition) is 2. The van der Waals surface area contributed by atoms with Crippen LogP contribution < -0.4 is 10.0 Å². The van der Waals surface area contributed by atoms with E-state index in [-0.39, 0.29) is 10.9 Å². The molecule has 0 aliphatic rings. The first-order valence-electron chi connectivity index (χ1n) is 6.97. The largest absolute Gasteiger partial charge is 0.322 e. The molecule has 5 nitrogen and oxygen atoms in total. The third kappa shape index (κ3) is 4.61. The van der Waals surface area contributed by atoms with E-state index in [9.17, 15) is 17.6 Å². The van der Waals surface area contributed by atoms with Gasteiger partial charge < -0.3 is 5.32 Å². The zero-order valence-corrected chi connectivity index (χ0v) is 13.5. The van der Waals surface area contributed by atoms with Crippen molar-refractivity contribution in [2.24, 2.45) is 0 Å². The molecule has 0 saturated heterocycles. The van der Waals surface area contributed by atoms with Gasteiger partial charge in [0.15, 0.2) is 0 Å². The van der Waals surface area contributed by atoms with Crippen molar-refractivity contribution in [1.29, 1.82) is 0 Å². The Hall–Kier alpha value is -2.25. The van der Waals surface area contributed by atoms with Gasteiger partial charge >= 0.3 is 0 Å². The Labute approximate surface area is 134 Å².